The normalized spacial score (nSPS) is 10.8. The van der Waals surface area contributed by atoms with E-state index in [1.165, 1.54) is 5.56 Å². The molecule has 0 saturated heterocycles. The second kappa shape index (κ2) is 7.17. The number of nitrogens with two attached hydrogens (primary N) is 1. The highest BCUT2D eigenvalue weighted by atomic mass is 15.1. The average Bonchev–Trinajstić information content (AvgIpc) is 2.33. The second-order valence-electron chi connectivity index (χ2n) is 4.38. The van der Waals surface area contributed by atoms with Crippen LogP contribution in [0.2, 0.25) is 0 Å². The zero-order chi connectivity index (χ0) is 12.7. The van der Waals surface area contributed by atoms with E-state index in [4.69, 9.17) is 5.73 Å². The first kappa shape index (κ1) is 13.8. The van der Waals surface area contributed by atoms with Crippen LogP contribution >= 0.6 is 0 Å². The van der Waals surface area contributed by atoms with E-state index >= 15 is 0 Å². The lowest BCUT2D eigenvalue weighted by Gasteiger charge is -2.18. The summed E-state index contributed by atoms with van der Waals surface area (Å²) >= 11 is 0. The topological polar surface area (TPSA) is 41.3 Å². The van der Waals surface area contributed by atoms with Gasteiger partial charge in [0, 0.05) is 17.9 Å². The molecule has 0 saturated carbocycles. The Bertz CT molecular complexity index is 332. The van der Waals surface area contributed by atoms with Crippen molar-refractivity contribution in [3.8, 4) is 0 Å². The van der Waals surface area contributed by atoms with Gasteiger partial charge in [0.05, 0.1) is 0 Å². The molecule has 0 spiro atoms. The molecule has 0 bridgehead atoms. The molecule has 0 aliphatic carbocycles. The highest BCUT2D eigenvalue weighted by Crippen LogP contribution is 2.17. The van der Waals surface area contributed by atoms with Gasteiger partial charge in [-0.15, -0.1) is 0 Å². The van der Waals surface area contributed by atoms with Gasteiger partial charge in [0.1, 0.15) is 0 Å². The summed E-state index contributed by atoms with van der Waals surface area (Å²) in [6.45, 7) is 10.9. The summed E-state index contributed by atoms with van der Waals surface area (Å²) in [6.07, 6.45) is 1.16. The van der Waals surface area contributed by atoms with Gasteiger partial charge in [-0.1, -0.05) is 19.9 Å². The molecule has 0 amide bonds. The van der Waals surface area contributed by atoms with E-state index in [-0.39, 0.29) is 0 Å². The summed E-state index contributed by atoms with van der Waals surface area (Å²) < 4.78 is 0. The summed E-state index contributed by atoms with van der Waals surface area (Å²) in [5.41, 5.74) is 9.00. The second-order valence-corrected chi connectivity index (χ2v) is 4.38. The number of hydrogen-bond donors (Lipinski definition) is 2. The van der Waals surface area contributed by atoms with E-state index in [1.54, 1.807) is 0 Å². The number of rotatable bonds is 7. The van der Waals surface area contributed by atoms with E-state index in [0.29, 0.717) is 0 Å². The maximum absolute atomic E-state index is 5.77. The third kappa shape index (κ3) is 4.65. The Morgan fingerprint density at radius 2 is 1.94 bits per heavy atom. The predicted molar refractivity (Wildman–Crippen MR) is 76.5 cm³/mol. The minimum atomic E-state index is 0.821. The molecule has 0 fully saturated rings. The van der Waals surface area contributed by atoms with Gasteiger partial charge in [0.15, 0.2) is 0 Å². The van der Waals surface area contributed by atoms with Gasteiger partial charge in [-0.2, -0.15) is 0 Å². The largest absolute Gasteiger partial charge is 0.399 e. The average molecular weight is 235 g/mol. The smallest absolute Gasteiger partial charge is 0.0390 e. The molecule has 1 rings (SSSR count). The molecule has 0 radical (unpaired) electrons. The molecular formula is C14H25N3. The zero-order valence-corrected chi connectivity index (χ0v) is 11.3. The molecule has 17 heavy (non-hydrogen) atoms. The molecule has 0 heterocycles. The van der Waals surface area contributed by atoms with Gasteiger partial charge < -0.3 is 16.0 Å². The van der Waals surface area contributed by atoms with Gasteiger partial charge in [0.2, 0.25) is 0 Å². The van der Waals surface area contributed by atoms with Gasteiger partial charge in [-0.25, -0.2) is 0 Å². The van der Waals surface area contributed by atoms with Crippen LogP contribution in [0, 0.1) is 6.92 Å². The fourth-order valence-corrected chi connectivity index (χ4v) is 1.90. The third-order valence-corrected chi connectivity index (χ3v) is 3.12. The minimum Gasteiger partial charge on any atom is -0.399 e. The monoisotopic (exact) mass is 235 g/mol. The Morgan fingerprint density at radius 1 is 1.24 bits per heavy atom. The van der Waals surface area contributed by atoms with Crippen molar-refractivity contribution in [1.82, 2.24) is 4.90 Å². The van der Waals surface area contributed by atoms with Crippen molar-refractivity contribution in [2.45, 2.75) is 27.2 Å². The minimum absolute atomic E-state index is 0.821. The van der Waals surface area contributed by atoms with E-state index in [2.05, 4.69) is 37.1 Å². The van der Waals surface area contributed by atoms with Crippen molar-refractivity contribution in [2.75, 3.05) is 37.2 Å². The molecule has 1 aromatic carbocycles. The van der Waals surface area contributed by atoms with Crippen LogP contribution < -0.4 is 11.1 Å². The van der Waals surface area contributed by atoms with Gasteiger partial charge in [-0.3, -0.25) is 0 Å². The third-order valence-electron chi connectivity index (χ3n) is 3.12. The van der Waals surface area contributed by atoms with Gasteiger partial charge >= 0.3 is 0 Å². The van der Waals surface area contributed by atoms with Crippen LogP contribution in [-0.2, 0) is 0 Å². The standard InChI is InChI=1S/C14H25N3/c1-4-17(5-2)10-6-9-16-14-11-13(15)8-7-12(14)3/h7-8,11,16H,4-6,9-10,15H2,1-3H3. The van der Waals surface area contributed by atoms with Crippen LogP contribution in [0.4, 0.5) is 11.4 Å². The Balaban J connectivity index is 2.33. The van der Waals surface area contributed by atoms with Gasteiger partial charge in [-0.05, 0) is 50.7 Å². The molecule has 0 unspecified atom stereocenters. The lowest BCUT2D eigenvalue weighted by molar-refractivity contribution is 0.303. The number of nitrogen functional groups attached to an aromatic ring is 1. The molecule has 0 aliphatic heterocycles. The van der Waals surface area contributed by atoms with Crippen LogP contribution in [0.25, 0.3) is 0 Å². The number of aryl methyl sites for hydroxylation is 1. The first-order chi connectivity index (χ1) is 8.17. The summed E-state index contributed by atoms with van der Waals surface area (Å²) in [6, 6.07) is 6.01. The van der Waals surface area contributed by atoms with Crippen molar-refractivity contribution >= 4 is 11.4 Å². The van der Waals surface area contributed by atoms with Crippen LogP contribution in [-0.4, -0.2) is 31.1 Å². The maximum atomic E-state index is 5.77. The number of anilines is 2. The lowest BCUT2D eigenvalue weighted by atomic mass is 10.2. The predicted octanol–water partition coefficient (Wildman–Crippen LogP) is 2.72. The highest BCUT2D eigenvalue weighted by Gasteiger charge is 2.00. The molecule has 3 heteroatoms. The Hall–Kier alpha value is -1.22. The SMILES string of the molecule is CCN(CC)CCCNc1cc(N)ccc1C. The molecule has 0 atom stereocenters. The van der Waals surface area contributed by atoms with Crippen molar-refractivity contribution in [1.29, 1.82) is 0 Å². The van der Waals surface area contributed by atoms with Crippen molar-refractivity contribution in [2.24, 2.45) is 0 Å². The molecule has 3 nitrogen and oxygen atoms in total. The molecular weight excluding hydrogens is 210 g/mol. The molecule has 1 aromatic rings. The molecule has 3 N–H and O–H groups in total. The fourth-order valence-electron chi connectivity index (χ4n) is 1.90. The summed E-state index contributed by atoms with van der Waals surface area (Å²) in [5.74, 6) is 0. The summed E-state index contributed by atoms with van der Waals surface area (Å²) in [4.78, 5) is 2.44. The lowest BCUT2D eigenvalue weighted by Crippen LogP contribution is -2.25. The number of nitrogens with zero attached hydrogens (tertiary/aromatic N) is 1. The number of hydrogen-bond acceptors (Lipinski definition) is 3. The van der Waals surface area contributed by atoms with Crippen molar-refractivity contribution in [3.63, 3.8) is 0 Å². The van der Waals surface area contributed by atoms with Crippen molar-refractivity contribution in [3.05, 3.63) is 23.8 Å². The van der Waals surface area contributed by atoms with Gasteiger partial charge in [0.25, 0.3) is 0 Å². The Morgan fingerprint density at radius 3 is 2.59 bits per heavy atom. The van der Waals surface area contributed by atoms with Crippen LogP contribution in [0.3, 0.4) is 0 Å². The van der Waals surface area contributed by atoms with E-state index in [0.717, 1.165) is 44.0 Å². The quantitative estimate of drug-likeness (QED) is 0.564. The first-order valence-corrected chi connectivity index (χ1v) is 6.49. The van der Waals surface area contributed by atoms with Crippen molar-refractivity contribution < 1.29 is 0 Å². The molecule has 96 valence electrons. The fraction of sp³-hybridized carbons (Fsp3) is 0.571. The molecule has 0 aliphatic rings. The maximum Gasteiger partial charge on any atom is 0.0390 e. The summed E-state index contributed by atoms with van der Waals surface area (Å²) in [7, 11) is 0. The Labute approximate surface area is 105 Å². The van der Waals surface area contributed by atoms with Crippen LogP contribution in [0.5, 0.6) is 0 Å². The first-order valence-electron chi connectivity index (χ1n) is 6.49. The highest BCUT2D eigenvalue weighted by molar-refractivity contribution is 5.59. The van der Waals surface area contributed by atoms with E-state index < -0.39 is 0 Å². The van der Waals surface area contributed by atoms with E-state index in [1.807, 2.05) is 12.1 Å². The zero-order valence-electron chi connectivity index (χ0n) is 11.3. The van der Waals surface area contributed by atoms with Crippen LogP contribution in [0.1, 0.15) is 25.8 Å². The number of benzene rings is 1. The number of nitrogens with one attached hydrogen (secondary N) is 1. The molecule has 0 aromatic heterocycles. The Kier molecular flexibility index (Phi) is 5.84. The van der Waals surface area contributed by atoms with E-state index in [9.17, 15) is 0 Å². The summed E-state index contributed by atoms with van der Waals surface area (Å²) in [5, 5.41) is 3.45. The van der Waals surface area contributed by atoms with Crippen LogP contribution in [0.15, 0.2) is 18.2 Å².